The third-order valence-electron chi connectivity index (χ3n) is 2.68. The van der Waals surface area contributed by atoms with Gasteiger partial charge in [-0.1, -0.05) is 12.0 Å². The van der Waals surface area contributed by atoms with Crippen LogP contribution in [0.4, 0.5) is 0 Å². The molecule has 0 atom stereocenters. The van der Waals surface area contributed by atoms with E-state index in [1.54, 1.807) is 6.92 Å². The molecule has 0 radical (unpaired) electrons. The van der Waals surface area contributed by atoms with Crippen molar-refractivity contribution in [3.8, 4) is 17.5 Å². The van der Waals surface area contributed by atoms with E-state index in [9.17, 15) is 4.79 Å². The Morgan fingerprint density at radius 1 is 1.35 bits per heavy atom. The summed E-state index contributed by atoms with van der Waals surface area (Å²) in [4.78, 5) is 11.2. The van der Waals surface area contributed by atoms with Gasteiger partial charge in [0.15, 0.2) is 0 Å². The van der Waals surface area contributed by atoms with Crippen molar-refractivity contribution in [3.63, 3.8) is 0 Å². The third-order valence-corrected chi connectivity index (χ3v) is 2.68. The van der Waals surface area contributed by atoms with E-state index >= 15 is 0 Å². The Balaban J connectivity index is 2.29. The quantitative estimate of drug-likeness (QED) is 0.620. The Labute approximate surface area is 118 Å². The zero-order chi connectivity index (χ0) is 14.5. The van der Waals surface area contributed by atoms with E-state index in [2.05, 4.69) is 16.9 Å². The number of rotatable bonds is 2. The van der Waals surface area contributed by atoms with Gasteiger partial charge in [0.25, 0.3) is 0 Å². The molecule has 102 valence electrons. The van der Waals surface area contributed by atoms with Gasteiger partial charge in [-0.25, -0.2) is 9.48 Å². The molecule has 0 bridgehead atoms. The Morgan fingerprint density at radius 2 is 2.15 bits per heavy atom. The number of aryl methyl sites for hydroxylation is 2. The molecule has 0 unspecified atom stereocenters. The number of carbonyl (C=O) groups excluding carboxylic acids is 1. The smallest absolute Gasteiger partial charge is 0.384 e. The number of benzene rings is 1. The number of carbonyl (C=O) groups is 1. The standard InChI is InChI=1S/C16H16N2O2/c1-4-20-16(19)9-8-14-6-5-7-15(11-14)18-13(3)10-12(2)17-18/h5-7,10-11H,4H2,1-3H3. The zero-order valence-corrected chi connectivity index (χ0v) is 11.8. The van der Waals surface area contributed by atoms with Gasteiger partial charge in [0.1, 0.15) is 0 Å². The molecule has 0 aliphatic rings. The first kappa shape index (κ1) is 13.9. The minimum atomic E-state index is -0.510. The highest BCUT2D eigenvalue weighted by Crippen LogP contribution is 2.13. The Morgan fingerprint density at radius 3 is 2.80 bits per heavy atom. The topological polar surface area (TPSA) is 44.1 Å². The SMILES string of the molecule is CCOC(=O)C#Cc1cccc(-n2nc(C)cc2C)c1. The molecule has 0 saturated carbocycles. The van der Waals surface area contributed by atoms with Crippen LogP contribution in [-0.4, -0.2) is 22.4 Å². The number of hydrogen-bond donors (Lipinski definition) is 0. The maximum Gasteiger partial charge on any atom is 0.384 e. The molecular formula is C16H16N2O2. The van der Waals surface area contributed by atoms with Crippen molar-refractivity contribution in [3.05, 3.63) is 47.3 Å². The predicted molar refractivity (Wildman–Crippen MR) is 76.5 cm³/mol. The number of esters is 1. The van der Waals surface area contributed by atoms with Crippen LogP contribution >= 0.6 is 0 Å². The number of aromatic nitrogens is 2. The third kappa shape index (κ3) is 3.27. The lowest BCUT2D eigenvalue weighted by Gasteiger charge is -2.04. The van der Waals surface area contributed by atoms with Gasteiger partial charge in [-0.2, -0.15) is 5.10 Å². The summed E-state index contributed by atoms with van der Waals surface area (Å²) in [5.41, 5.74) is 3.69. The lowest BCUT2D eigenvalue weighted by Crippen LogP contribution is -2.00. The highest BCUT2D eigenvalue weighted by atomic mass is 16.5. The largest absolute Gasteiger partial charge is 0.456 e. The molecule has 0 spiro atoms. The lowest BCUT2D eigenvalue weighted by atomic mass is 10.2. The van der Waals surface area contributed by atoms with Crippen LogP contribution < -0.4 is 0 Å². The summed E-state index contributed by atoms with van der Waals surface area (Å²) in [6.45, 7) is 6.03. The van der Waals surface area contributed by atoms with E-state index in [1.807, 2.05) is 48.9 Å². The average Bonchev–Trinajstić information content (AvgIpc) is 2.76. The second-order valence-corrected chi connectivity index (χ2v) is 4.36. The molecule has 1 heterocycles. The Bertz CT molecular complexity index is 690. The molecule has 0 aliphatic heterocycles. The molecule has 4 nitrogen and oxygen atoms in total. The van der Waals surface area contributed by atoms with Crippen molar-refractivity contribution in [2.45, 2.75) is 20.8 Å². The average molecular weight is 268 g/mol. The van der Waals surface area contributed by atoms with Crippen molar-refractivity contribution in [2.24, 2.45) is 0 Å². The maximum absolute atomic E-state index is 11.2. The fourth-order valence-corrected chi connectivity index (χ4v) is 1.90. The molecule has 1 aromatic heterocycles. The van der Waals surface area contributed by atoms with Gasteiger partial charge >= 0.3 is 5.97 Å². The van der Waals surface area contributed by atoms with Crippen molar-refractivity contribution in [1.29, 1.82) is 0 Å². The fraction of sp³-hybridized carbons (Fsp3) is 0.250. The molecule has 0 fully saturated rings. The summed E-state index contributed by atoms with van der Waals surface area (Å²) in [5.74, 6) is 4.75. The molecule has 20 heavy (non-hydrogen) atoms. The molecule has 0 amide bonds. The minimum absolute atomic E-state index is 0.333. The summed E-state index contributed by atoms with van der Waals surface area (Å²) in [6, 6.07) is 9.60. The highest BCUT2D eigenvalue weighted by molar-refractivity contribution is 5.89. The first-order chi connectivity index (χ1) is 9.60. The zero-order valence-electron chi connectivity index (χ0n) is 11.8. The molecule has 2 aromatic rings. The van der Waals surface area contributed by atoms with Crippen LogP contribution in [0, 0.1) is 25.7 Å². The van der Waals surface area contributed by atoms with Gasteiger partial charge in [-0.3, -0.25) is 0 Å². The van der Waals surface area contributed by atoms with Crippen molar-refractivity contribution >= 4 is 5.97 Å². The van der Waals surface area contributed by atoms with Crippen LogP contribution in [0.2, 0.25) is 0 Å². The number of ether oxygens (including phenoxy) is 1. The molecule has 2 rings (SSSR count). The van der Waals surface area contributed by atoms with Gasteiger partial charge in [0.2, 0.25) is 0 Å². The number of nitrogens with zero attached hydrogens (tertiary/aromatic N) is 2. The molecule has 0 saturated heterocycles. The summed E-state index contributed by atoms with van der Waals surface area (Å²) in [7, 11) is 0. The van der Waals surface area contributed by atoms with E-state index in [-0.39, 0.29) is 0 Å². The van der Waals surface area contributed by atoms with Crippen molar-refractivity contribution < 1.29 is 9.53 Å². The molecule has 1 aromatic carbocycles. The first-order valence-electron chi connectivity index (χ1n) is 6.42. The predicted octanol–water partition coefficient (Wildman–Crippen LogP) is 2.40. The molecular weight excluding hydrogens is 252 g/mol. The van der Waals surface area contributed by atoms with Gasteiger partial charge < -0.3 is 4.74 Å². The van der Waals surface area contributed by atoms with Crippen molar-refractivity contribution in [2.75, 3.05) is 6.61 Å². The van der Waals surface area contributed by atoms with Crippen LogP contribution in [0.25, 0.3) is 5.69 Å². The van der Waals surface area contributed by atoms with Crippen molar-refractivity contribution in [1.82, 2.24) is 9.78 Å². The monoisotopic (exact) mass is 268 g/mol. The van der Waals surface area contributed by atoms with Crippen LogP contribution in [0.3, 0.4) is 0 Å². The Kier molecular flexibility index (Phi) is 4.21. The van der Waals surface area contributed by atoms with Crippen LogP contribution in [0.5, 0.6) is 0 Å². The van der Waals surface area contributed by atoms with E-state index in [1.165, 1.54) is 0 Å². The molecule has 0 N–H and O–H groups in total. The lowest BCUT2D eigenvalue weighted by molar-refractivity contribution is -0.136. The second kappa shape index (κ2) is 6.07. The van der Waals surface area contributed by atoms with Gasteiger partial charge in [-0.15, -0.1) is 0 Å². The molecule has 4 heteroatoms. The fourth-order valence-electron chi connectivity index (χ4n) is 1.90. The number of hydrogen-bond acceptors (Lipinski definition) is 3. The normalized spacial score (nSPS) is 9.75. The van der Waals surface area contributed by atoms with Gasteiger partial charge in [-0.05, 0) is 45.0 Å². The van der Waals surface area contributed by atoms with Gasteiger partial charge in [0.05, 0.1) is 18.0 Å². The maximum atomic E-state index is 11.2. The van der Waals surface area contributed by atoms with E-state index in [4.69, 9.17) is 4.74 Å². The van der Waals surface area contributed by atoms with E-state index in [0.29, 0.717) is 6.61 Å². The minimum Gasteiger partial charge on any atom is -0.456 e. The summed E-state index contributed by atoms with van der Waals surface area (Å²) >= 11 is 0. The first-order valence-corrected chi connectivity index (χ1v) is 6.42. The molecule has 0 aliphatic carbocycles. The van der Waals surface area contributed by atoms with Crippen LogP contribution in [-0.2, 0) is 9.53 Å². The second-order valence-electron chi connectivity index (χ2n) is 4.36. The van der Waals surface area contributed by atoms with Gasteiger partial charge in [0, 0.05) is 17.2 Å². The summed E-state index contributed by atoms with van der Waals surface area (Å²) in [5, 5.41) is 4.42. The van der Waals surface area contributed by atoms with Crippen LogP contribution in [0.15, 0.2) is 30.3 Å². The van der Waals surface area contributed by atoms with E-state index in [0.717, 1.165) is 22.6 Å². The summed E-state index contributed by atoms with van der Waals surface area (Å²) < 4.78 is 6.62. The summed E-state index contributed by atoms with van der Waals surface area (Å²) in [6.07, 6.45) is 0. The van der Waals surface area contributed by atoms with Crippen LogP contribution in [0.1, 0.15) is 23.9 Å². The van der Waals surface area contributed by atoms with E-state index < -0.39 is 5.97 Å². The Hall–Kier alpha value is -2.54. The highest BCUT2D eigenvalue weighted by Gasteiger charge is 2.03.